The lowest BCUT2D eigenvalue weighted by Crippen LogP contribution is -2.32. The fourth-order valence-electron chi connectivity index (χ4n) is 2.47. The van der Waals surface area contributed by atoms with E-state index in [1.807, 2.05) is 7.05 Å². The van der Waals surface area contributed by atoms with Crippen molar-refractivity contribution in [2.75, 3.05) is 13.6 Å². The number of nitrogens with zero attached hydrogens (tertiary/aromatic N) is 1. The Kier molecular flexibility index (Phi) is 3.49. The number of hydrogen-bond acceptors (Lipinski definition) is 3. The highest BCUT2D eigenvalue weighted by atomic mass is 16.4. The first-order valence-electron chi connectivity index (χ1n) is 6.41. The molecule has 104 valence electrons. The molecule has 1 atom stereocenters. The molecule has 0 spiro atoms. The van der Waals surface area contributed by atoms with Crippen molar-refractivity contribution in [3.8, 4) is 0 Å². The van der Waals surface area contributed by atoms with E-state index in [2.05, 4.69) is 4.90 Å². The van der Waals surface area contributed by atoms with Gasteiger partial charge in [-0.3, -0.25) is 9.69 Å². The number of hydrogen-bond donors (Lipinski definition) is 2. The zero-order valence-electron chi connectivity index (χ0n) is 11.2. The molecule has 5 nitrogen and oxygen atoms in total. The van der Waals surface area contributed by atoms with Gasteiger partial charge in [0.25, 0.3) is 0 Å². The normalized spacial score (nSPS) is 26.9. The average molecular weight is 265 g/mol. The minimum atomic E-state index is -1.12. The summed E-state index contributed by atoms with van der Waals surface area (Å²) in [5.74, 6) is -2.02. The molecule has 5 heteroatoms. The fraction of sp³-hybridized carbons (Fsp3) is 0.571. The van der Waals surface area contributed by atoms with Gasteiger partial charge in [0.2, 0.25) is 0 Å². The molecule has 0 aromatic rings. The van der Waals surface area contributed by atoms with Crippen LogP contribution in [0.25, 0.3) is 0 Å². The van der Waals surface area contributed by atoms with Gasteiger partial charge in [0.1, 0.15) is 0 Å². The summed E-state index contributed by atoms with van der Waals surface area (Å²) in [4.78, 5) is 24.6. The van der Waals surface area contributed by atoms with Crippen molar-refractivity contribution in [1.82, 2.24) is 4.90 Å². The molecule has 1 saturated carbocycles. The van der Waals surface area contributed by atoms with E-state index in [0.717, 1.165) is 18.4 Å². The topological polar surface area (TPSA) is 77.8 Å². The van der Waals surface area contributed by atoms with Crippen LogP contribution in [0.3, 0.4) is 0 Å². The van der Waals surface area contributed by atoms with Gasteiger partial charge in [0.15, 0.2) is 0 Å². The van der Waals surface area contributed by atoms with Gasteiger partial charge in [0, 0.05) is 18.2 Å². The quantitative estimate of drug-likeness (QED) is 0.788. The number of carboxylic acid groups (broad SMARTS) is 2. The first kappa shape index (κ1) is 13.8. The van der Waals surface area contributed by atoms with Crippen LogP contribution in [0.15, 0.2) is 23.3 Å². The van der Waals surface area contributed by atoms with Gasteiger partial charge >= 0.3 is 11.9 Å². The molecule has 0 bridgehead atoms. The van der Waals surface area contributed by atoms with Gasteiger partial charge in [-0.25, -0.2) is 4.79 Å². The summed E-state index contributed by atoms with van der Waals surface area (Å²) < 4.78 is 0. The highest BCUT2D eigenvalue weighted by Crippen LogP contribution is 2.35. The van der Waals surface area contributed by atoms with Crippen LogP contribution in [-0.2, 0) is 9.59 Å². The Labute approximate surface area is 112 Å². The Morgan fingerprint density at radius 3 is 2.53 bits per heavy atom. The SMILES string of the molecule is CN(CC1=CC(C)(C(=O)O)CC(C(=O)O)=C1)C1CC1. The second kappa shape index (κ2) is 4.81. The summed E-state index contributed by atoms with van der Waals surface area (Å²) >= 11 is 0. The predicted molar refractivity (Wildman–Crippen MR) is 69.8 cm³/mol. The molecule has 2 aliphatic carbocycles. The van der Waals surface area contributed by atoms with E-state index in [0.29, 0.717) is 12.6 Å². The van der Waals surface area contributed by atoms with Gasteiger partial charge in [-0.1, -0.05) is 6.08 Å². The third-order valence-electron chi connectivity index (χ3n) is 3.79. The van der Waals surface area contributed by atoms with Gasteiger partial charge in [-0.05, 0) is 44.9 Å². The van der Waals surface area contributed by atoms with Crippen molar-refractivity contribution < 1.29 is 19.8 Å². The summed E-state index contributed by atoms with van der Waals surface area (Å²) in [5, 5.41) is 18.4. The minimum Gasteiger partial charge on any atom is -0.481 e. The lowest BCUT2D eigenvalue weighted by Gasteiger charge is -2.28. The molecule has 2 aliphatic rings. The van der Waals surface area contributed by atoms with E-state index in [-0.39, 0.29) is 12.0 Å². The summed E-state index contributed by atoms with van der Waals surface area (Å²) in [7, 11) is 1.99. The van der Waals surface area contributed by atoms with Crippen LogP contribution in [0.5, 0.6) is 0 Å². The van der Waals surface area contributed by atoms with Crippen molar-refractivity contribution in [2.45, 2.75) is 32.2 Å². The van der Waals surface area contributed by atoms with Crippen molar-refractivity contribution in [2.24, 2.45) is 5.41 Å². The van der Waals surface area contributed by atoms with Crippen LogP contribution < -0.4 is 0 Å². The van der Waals surface area contributed by atoms with Crippen molar-refractivity contribution in [3.05, 3.63) is 23.3 Å². The first-order valence-corrected chi connectivity index (χ1v) is 6.41. The Hall–Kier alpha value is -1.62. The summed E-state index contributed by atoms with van der Waals surface area (Å²) in [6.45, 7) is 2.17. The number of aliphatic carboxylic acids is 2. The molecule has 0 saturated heterocycles. The number of likely N-dealkylation sites (N-methyl/N-ethyl adjacent to an activating group) is 1. The molecule has 0 aromatic heterocycles. The number of rotatable bonds is 5. The number of carboxylic acids is 2. The standard InChI is InChI=1S/C14H19NO4/c1-14(13(18)19)6-9(5-10(7-14)12(16)17)8-15(2)11-3-4-11/h5-6,11H,3-4,7-8H2,1-2H3,(H,16,17)(H,18,19). The van der Waals surface area contributed by atoms with E-state index in [4.69, 9.17) is 5.11 Å². The minimum absolute atomic E-state index is 0.0360. The summed E-state index contributed by atoms with van der Waals surface area (Å²) in [6.07, 6.45) is 5.67. The molecular formula is C14H19NO4. The lowest BCUT2D eigenvalue weighted by molar-refractivity contribution is -0.145. The van der Waals surface area contributed by atoms with E-state index in [9.17, 15) is 14.7 Å². The molecule has 0 amide bonds. The third-order valence-corrected chi connectivity index (χ3v) is 3.79. The average Bonchev–Trinajstić information content (AvgIpc) is 3.11. The van der Waals surface area contributed by atoms with Gasteiger partial charge in [-0.2, -0.15) is 0 Å². The van der Waals surface area contributed by atoms with Crippen LogP contribution in [0.1, 0.15) is 26.2 Å². The smallest absolute Gasteiger partial charge is 0.331 e. The van der Waals surface area contributed by atoms with Gasteiger partial charge < -0.3 is 10.2 Å². The van der Waals surface area contributed by atoms with Crippen molar-refractivity contribution in [3.63, 3.8) is 0 Å². The third kappa shape index (κ3) is 3.04. The Bertz CT molecular complexity index is 476. The van der Waals surface area contributed by atoms with E-state index >= 15 is 0 Å². The highest BCUT2D eigenvalue weighted by Gasteiger charge is 2.37. The monoisotopic (exact) mass is 265 g/mol. The maximum atomic E-state index is 11.3. The molecule has 2 N–H and O–H groups in total. The Morgan fingerprint density at radius 1 is 1.42 bits per heavy atom. The zero-order chi connectivity index (χ0) is 14.2. The molecule has 2 rings (SSSR count). The molecular weight excluding hydrogens is 246 g/mol. The van der Waals surface area contributed by atoms with Crippen LogP contribution >= 0.6 is 0 Å². The van der Waals surface area contributed by atoms with Crippen molar-refractivity contribution in [1.29, 1.82) is 0 Å². The van der Waals surface area contributed by atoms with Crippen molar-refractivity contribution >= 4 is 11.9 Å². The molecule has 0 aromatic carbocycles. The summed E-state index contributed by atoms with van der Waals surface area (Å²) in [6, 6.07) is 0.556. The maximum Gasteiger partial charge on any atom is 0.331 e. The van der Waals surface area contributed by atoms with Crippen LogP contribution in [-0.4, -0.2) is 46.7 Å². The van der Waals surface area contributed by atoms with Gasteiger partial charge in [-0.15, -0.1) is 0 Å². The largest absolute Gasteiger partial charge is 0.481 e. The zero-order valence-corrected chi connectivity index (χ0v) is 11.2. The Morgan fingerprint density at radius 2 is 2.05 bits per heavy atom. The lowest BCUT2D eigenvalue weighted by atomic mass is 9.77. The second-order valence-electron chi connectivity index (χ2n) is 5.74. The molecule has 1 fully saturated rings. The fourth-order valence-corrected chi connectivity index (χ4v) is 2.47. The van der Waals surface area contributed by atoms with E-state index in [1.54, 1.807) is 19.1 Å². The van der Waals surface area contributed by atoms with Crippen LogP contribution in [0.4, 0.5) is 0 Å². The molecule has 19 heavy (non-hydrogen) atoms. The Balaban J connectivity index is 2.23. The molecule has 0 radical (unpaired) electrons. The van der Waals surface area contributed by atoms with Crippen LogP contribution in [0.2, 0.25) is 0 Å². The van der Waals surface area contributed by atoms with E-state index < -0.39 is 17.4 Å². The van der Waals surface area contributed by atoms with E-state index in [1.165, 1.54) is 0 Å². The van der Waals surface area contributed by atoms with Gasteiger partial charge in [0.05, 0.1) is 5.41 Å². The molecule has 0 heterocycles. The number of carbonyl (C=O) groups is 2. The second-order valence-corrected chi connectivity index (χ2v) is 5.74. The highest BCUT2D eigenvalue weighted by molar-refractivity contribution is 5.90. The van der Waals surface area contributed by atoms with Crippen LogP contribution in [0, 0.1) is 5.41 Å². The summed E-state index contributed by atoms with van der Waals surface area (Å²) in [5.41, 5.74) is -0.170. The molecule has 1 unspecified atom stereocenters. The molecule has 0 aliphatic heterocycles. The maximum absolute atomic E-state index is 11.3. The first-order chi connectivity index (χ1) is 8.82. The predicted octanol–water partition coefficient (Wildman–Crippen LogP) is 1.51.